The molecular formula is C6H8O2S. The van der Waals surface area contributed by atoms with Crippen LogP contribution in [0.3, 0.4) is 0 Å². The number of carbonyl (C=O) groups excluding carboxylic acids is 1. The number of ketones is 1. The molecule has 9 heavy (non-hydrogen) atoms. The summed E-state index contributed by atoms with van der Waals surface area (Å²) in [5.74, 6) is 2.21. The Morgan fingerprint density at radius 1 is 1.56 bits per heavy atom. The molecule has 2 bridgehead atoms. The summed E-state index contributed by atoms with van der Waals surface area (Å²) in [7, 11) is 0. The lowest BCUT2D eigenvalue weighted by Crippen LogP contribution is -2.23. The molecule has 0 saturated carbocycles. The minimum absolute atomic E-state index is 0.0475. The van der Waals surface area contributed by atoms with E-state index in [1.54, 1.807) is 0 Å². The predicted molar refractivity (Wildman–Crippen MR) is 35.6 cm³/mol. The van der Waals surface area contributed by atoms with Gasteiger partial charge in [-0.15, -0.1) is 0 Å². The van der Waals surface area contributed by atoms with Crippen LogP contribution >= 0.6 is 11.8 Å². The van der Waals surface area contributed by atoms with E-state index in [4.69, 9.17) is 4.74 Å². The van der Waals surface area contributed by atoms with Gasteiger partial charge in [0.2, 0.25) is 0 Å². The van der Waals surface area contributed by atoms with Crippen molar-refractivity contribution in [2.75, 3.05) is 11.5 Å². The lowest BCUT2D eigenvalue weighted by atomic mass is 10.2. The molecule has 0 amide bonds. The van der Waals surface area contributed by atoms with Crippen LogP contribution in [-0.4, -0.2) is 29.5 Å². The zero-order valence-corrected chi connectivity index (χ0v) is 5.82. The van der Waals surface area contributed by atoms with Crippen molar-refractivity contribution in [1.82, 2.24) is 0 Å². The van der Waals surface area contributed by atoms with Crippen LogP contribution in [0.1, 0.15) is 6.42 Å². The van der Waals surface area contributed by atoms with Crippen LogP contribution in [0.2, 0.25) is 0 Å². The molecule has 50 valence electrons. The molecule has 0 aliphatic carbocycles. The fourth-order valence-electron chi connectivity index (χ4n) is 1.25. The van der Waals surface area contributed by atoms with Crippen molar-refractivity contribution < 1.29 is 9.53 Å². The Morgan fingerprint density at radius 3 is 3.11 bits per heavy atom. The first-order valence-electron chi connectivity index (χ1n) is 3.12. The Balaban J connectivity index is 2.15. The number of ether oxygens (including phenoxy) is 1. The second-order valence-corrected chi connectivity index (χ2v) is 3.53. The molecule has 2 aliphatic rings. The third-order valence-electron chi connectivity index (χ3n) is 1.72. The van der Waals surface area contributed by atoms with E-state index in [1.165, 1.54) is 0 Å². The van der Waals surface area contributed by atoms with Gasteiger partial charge in [-0.3, -0.25) is 4.79 Å². The number of hydrogen-bond donors (Lipinski definition) is 0. The van der Waals surface area contributed by atoms with Crippen LogP contribution in [0.4, 0.5) is 0 Å². The highest BCUT2D eigenvalue weighted by molar-refractivity contribution is 7.99. The zero-order valence-electron chi connectivity index (χ0n) is 5.00. The molecule has 2 rings (SSSR count). The largest absolute Gasteiger partial charge is 0.365 e. The second-order valence-electron chi connectivity index (χ2n) is 2.45. The highest BCUT2D eigenvalue weighted by Gasteiger charge is 2.36. The first kappa shape index (κ1) is 5.74. The number of hydrogen-bond acceptors (Lipinski definition) is 3. The quantitative estimate of drug-likeness (QED) is 0.494. The fraction of sp³-hybridized carbons (Fsp3) is 0.833. The van der Waals surface area contributed by atoms with Gasteiger partial charge in [-0.1, -0.05) is 0 Å². The molecular weight excluding hydrogens is 136 g/mol. The van der Waals surface area contributed by atoms with E-state index in [2.05, 4.69) is 0 Å². The summed E-state index contributed by atoms with van der Waals surface area (Å²) in [6.07, 6.45) is 0.868. The summed E-state index contributed by atoms with van der Waals surface area (Å²) in [5, 5.41) is 0. The van der Waals surface area contributed by atoms with Gasteiger partial charge < -0.3 is 4.74 Å². The fourth-order valence-corrected chi connectivity index (χ4v) is 2.32. The average Bonchev–Trinajstić information content (AvgIpc) is 2.09. The number of rotatable bonds is 0. The number of carbonyl (C=O) groups is 1. The Kier molecular flexibility index (Phi) is 1.27. The van der Waals surface area contributed by atoms with Crippen molar-refractivity contribution in [3.63, 3.8) is 0 Å². The van der Waals surface area contributed by atoms with Crippen molar-refractivity contribution in [2.45, 2.75) is 18.6 Å². The number of thioether (sulfide) groups is 1. The van der Waals surface area contributed by atoms with Crippen LogP contribution in [0.25, 0.3) is 0 Å². The van der Waals surface area contributed by atoms with Gasteiger partial charge in [0, 0.05) is 17.9 Å². The lowest BCUT2D eigenvalue weighted by Gasteiger charge is -2.17. The molecule has 2 atom stereocenters. The monoisotopic (exact) mass is 144 g/mol. The molecule has 0 spiro atoms. The molecule has 0 N–H and O–H groups in total. The summed E-state index contributed by atoms with van der Waals surface area (Å²) in [6.45, 7) is 0. The number of Topliss-reactive ketones (excluding diaryl/α,β-unsaturated/α-hetero) is 1. The Labute approximate surface area is 58.0 Å². The molecule has 2 fully saturated rings. The smallest absolute Gasteiger partial charge is 0.165 e. The Bertz CT molecular complexity index is 146. The van der Waals surface area contributed by atoms with Gasteiger partial charge in [-0.2, -0.15) is 11.8 Å². The first-order chi connectivity index (χ1) is 4.36. The average molecular weight is 144 g/mol. The molecule has 0 aromatic heterocycles. The van der Waals surface area contributed by atoms with Crippen LogP contribution in [-0.2, 0) is 9.53 Å². The predicted octanol–water partition coefficient (Wildman–Crippen LogP) is 0.460. The highest BCUT2D eigenvalue weighted by atomic mass is 32.2. The first-order valence-corrected chi connectivity index (χ1v) is 4.27. The molecule has 2 saturated heterocycles. The summed E-state index contributed by atoms with van der Waals surface area (Å²) in [6, 6.07) is 0. The van der Waals surface area contributed by atoms with Gasteiger partial charge in [0.15, 0.2) is 5.78 Å². The van der Waals surface area contributed by atoms with Crippen LogP contribution in [0, 0.1) is 0 Å². The van der Waals surface area contributed by atoms with E-state index < -0.39 is 0 Å². The molecule has 0 aromatic rings. The van der Waals surface area contributed by atoms with Gasteiger partial charge in [-0.05, 0) is 0 Å². The standard InChI is InChI=1S/C6H8O2S/c7-5-1-4-2-9-3-6(5)8-4/h4,6H,1-3H2/t4-,6-/m0/s1. The van der Waals surface area contributed by atoms with Crippen LogP contribution in [0.15, 0.2) is 0 Å². The van der Waals surface area contributed by atoms with E-state index in [0.717, 1.165) is 11.5 Å². The van der Waals surface area contributed by atoms with Gasteiger partial charge >= 0.3 is 0 Å². The molecule has 2 nitrogen and oxygen atoms in total. The summed E-state index contributed by atoms with van der Waals surface area (Å²) < 4.78 is 5.34. The lowest BCUT2D eigenvalue weighted by molar-refractivity contribution is -0.121. The van der Waals surface area contributed by atoms with Crippen molar-refractivity contribution >= 4 is 17.5 Å². The molecule has 2 heterocycles. The molecule has 2 aliphatic heterocycles. The van der Waals surface area contributed by atoms with Crippen molar-refractivity contribution in [1.29, 1.82) is 0 Å². The topological polar surface area (TPSA) is 26.3 Å². The van der Waals surface area contributed by atoms with E-state index >= 15 is 0 Å². The Hall–Kier alpha value is -0.0200. The van der Waals surface area contributed by atoms with Gasteiger partial charge in [-0.25, -0.2) is 0 Å². The van der Waals surface area contributed by atoms with Crippen molar-refractivity contribution in [3.8, 4) is 0 Å². The van der Waals surface area contributed by atoms with Crippen LogP contribution < -0.4 is 0 Å². The van der Waals surface area contributed by atoms with E-state index in [-0.39, 0.29) is 12.2 Å². The molecule has 0 unspecified atom stereocenters. The van der Waals surface area contributed by atoms with Gasteiger partial charge in [0.1, 0.15) is 6.10 Å². The summed E-state index contributed by atoms with van der Waals surface area (Å²) in [5.41, 5.74) is 0. The zero-order chi connectivity index (χ0) is 6.27. The SMILES string of the molecule is O=C1C[C@H]2CSC[C@@H]1O2. The molecule has 3 heteroatoms. The minimum Gasteiger partial charge on any atom is -0.365 e. The maximum absolute atomic E-state index is 10.9. The van der Waals surface area contributed by atoms with Crippen molar-refractivity contribution in [3.05, 3.63) is 0 Å². The van der Waals surface area contributed by atoms with Crippen LogP contribution in [0.5, 0.6) is 0 Å². The third-order valence-corrected chi connectivity index (χ3v) is 2.86. The molecule has 0 radical (unpaired) electrons. The van der Waals surface area contributed by atoms with Gasteiger partial charge in [0.25, 0.3) is 0 Å². The maximum Gasteiger partial charge on any atom is 0.165 e. The molecule has 0 aromatic carbocycles. The van der Waals surface area contributed by atoms with E-state index in [9.17, 15) is 4.79 Å². The summed E-state index contributed by atoms with van der Waals surface area (Å²) in [4.78, 5) is 10.9. The number of fused-ring (bicyclic) bond motifs is 2. The highest BCUT2D eigenvalue weighted by Crippen LogP contribution is 2.27. The maximum atomic E-state index is 10.9. The normalized spacial score (nSPS) is 41.6. The minimum atomic E-state index is -0.0475. The van der Waals surface area contributed by atoms with Crippen molar-refractivity contribution in [2.24, 2.45) is 0 Å². The summed E-state index contributed by atoms with van der Waals surface area (Å²) >= 11 is 1.83. The Morgan fingerprint density at radius 2 is 2.44 bits per heavy atom. The van der Waals surface area contributed by atoms with E-state index in [1.807, 2.05) is 11.8 Å². The second kappa shape index (κ2) is 1.99. The van der Waals surface area contributed by atoms with Gasteiger partial charge in [0.05, 0.1) is 6.10 Å². The van der Waals surface area contributed by atoms with E-state index in [0.29, 0.717) is 12.2 Å². The third kappa shape index (κ3) is 0.883.